The zero-order valence-electron chi connectivity index (χ0n) is 8.71. The van der Waals surface area contributed by atoms with Gasteiger partial charge < -0.3 is 6.22 Å². The molecule has 1 nitrogen and oxygen atoms in total. The Hall–Kier alpha value is -0.110. The van der Waals surface area contributed by atoms with E-state index in [1.807, 2.05) is 6.07 Å². The molecule has 0 aliphatic heterocycles. The van der Waals surface area contributed by atoms with Gasteiger partial charge in [-0.2, -0.15) is 0 Å². The second kappa shape index (κ2) is 6.41. The van der Waals surface area contributed by atoms with Crippen molar-refractivity contribution in [3.8, 4) is 0 Å². The van der Waals surface area contributed by atoms with Crippen molar-refractivity contribution in [3.63, 3.8) is 0 Å². The summed E-state index contributed by atoms with van der Waals surface area (Å²) in [5.41, 5.74) is 2.51. The smallest absolute Gasteiger partial charge is 1.00 e. The summed E-state index contributed by atoms with van der Waals surface area (Å²) in [7, 11) is 0. The van der Waals surface area contributed by atoms with E-state index in [2.05, 4.69) is 25.1 Å². The fourth-order valence-corrected chi connectivity index (χ4v) is 1.09. The number of carbonyl (C=O) groups is 1. The molecule has 0 aromatic heterocycles. The van der Waals surface area contributed by atoms with Gasteiger partial charge in [-0.15, -0.1) is 0 Å². The van der Waals surface area contributed by atoms with Gasteiger partial charge in [0.1, 0.15) is 6.29 Å². The van der Waals surface area contributed by atoms with E-state index in [-0.39, 0.29) is 31.0 Å². The minimum atomic E-state index is 0. The molecule has 60 valence electrons. The molecule has 12 heavy (non-hydrogen) atoms. The van der Waals surface area contributed by atoms with Gasteiger partial charge >= 0.3 is 29.6 Å². The fraction of sp³-hybridized carbons (Fsp3) is 0.300. The van der Waals surface area contributed by atoms with Crippen LogP contribution in [0.5, 0.6) is 0 Å². The Morgan fingerprint density at radius 3 is 2.83 bits per heavy atom. The maximum absolute atomic E-state index is 10.1. The quantitative estimate of drug-likeness (QED) is 0.433. The van der Waals surface area contributed by atoms with Crippen LogP contribution in [-0.4, -0.2) is 6.29 Å². The minimum absolute atomic E-state index is 0. The zero-order valence-corrected chi connectivity index (χ0v) is 9.71. The Morgan fingerprint density at radius 2 is 2.25 bits per heavy atom. The number of aryl methyl sites for hydroxylation is 2. The molecular weight excluding hydrogens is 159 g/mol. The van der Waals surface area contributed by atoms with Crippen molar-refractivity contribution in [1.82, 2.24) is 0 Å². The van der Waals surface area contributed by atoms with Crippen molar-refractivity contribution >= 4 is 6.29 Å². The standard InChI is InChI=1S/C10H12O.Na.H/c1-9-4-2-5-10(8-9)6-3-7-11;;/h2,4-5,7-8H,3,6H2,1H3;;/q;+1;-1. The Bertz CT molecular complexity index is 250. The number of hydrogen-bond acceptors (Lipinski definition) is 1. The molecule has 0 unspecified atom stereocenters. The van der Waals surface area contributed by atoms with Crippen LogP contribution in [0.4, 0.5) is 0 Å². The first-order valence-electron chi connectivity index (χ1n) is 3.82. The van der Waals surface area contributed by atoms with E-state index in [1.165, 1.54) is 11.1 Å². The van der Waals surface area contributed by atoms with E-state index >= 15 is 0 Å². The average Bonchev–Trinajstić information content (AvgIpc) is 2.01. The van der Waals surface area contributed by atoms with Crippen molar-refractivity contribution in [2.75, 3.05) is 0 Å². The Labute approximate surface area is 97.0 Å². The molecule has 0 aliphatic rings. The van der Waals surface area contributed by atoms with E-state index in [9.17, 15) is 4.79 Å². The van der Waals surface area contributed by atoms with Gasteiger partial charge in [0, 0.05) is 6.42 Å². The van der Waals surface area contributed by atoms with E-state index in [4.69, 9.17) is 0 Å². The fourth-order valence-electron chi connectivity index (χ4n) is 1.09. The summed E-state index contributed by atoms with van der Waals surface area (Å²) in [5.74, 6) is 0. The predicted octanol–water partition coefficient (Wildman–Crippen LogP) is -0.757. The molecule has 0 fully saturated rings. The van der Waals surface area contributed by atoms with Crippen molar-refractivity contribution < 1.29 is 35.8 Å². The summed E-state index contributed by atoms with van der Waals surface area (Å²) >= 11 is 0. The van der Waals surface area contributed by atoms with Gasteiger partial charge in [-0.1, -0.05) is 29.8 Å². The third kappa shape index (κ3) is 4.05. The molecule has 0 saturated heterocycles. The van der Waals surface area contributed by atoms with Crippen LogP contribution in [0.15, 0.2) is 24.3 Å². The number of carbonyl (C=O) groups excluding carboxylic acids is 1. The molecule has 0 spiro atoms. The molecule has 1 rings (SSSR count). The van der Waals surface area contributed by atoms with Crippen LogP contribution >= 0.6 is 0 Å². The Kier molecular flexibility index (Phi) is 6.35. The first-order chi connectivity index (χ1) is 5.33. The maximum atomic E-state index is 10.1. The van der Waals surface area contributed by atoms with Gasteiger partial charge in [0.2, 0.25) is 0 Å². The van der Waals surface area contributed by atoms with E-state index in [0.717, 1.165) is 12.7 Å². The summed E-state index contributed by atoms with van der Waals surface area (Å²) in [6.45, 7) is 2.06. The number of aldehydes is 1. The van der Waals surface area contributed by atoms with Gasteiger partial charge in [0.25, 0.3) is 0 Å². The van der Waals surface area contributed by atoms with E-state index in [0.29, 0.717) is 6.42 Å². The van der Waals surface area contributed by atoms with Crippen molar-refractivity contribution in [1.29, 1.82) is 0 Å². The van der Waals surface area contributed by atoms with Crippen LogP contribution in [0.25, 0.3) is 0 Å². The molecule has 0 amide bonds. The maximum Gasteiger partial charge on any atom is 1.00 e. The summed E-state index contributed by atoms with van der Waals surface area (Å²) in [4.78, 5) is 10.1. The predicted molar refractivity (Wildman–Crippen MR) is 46.7 cm³/mol. The van der Waals surface area contributed by atoms with Gasteiger partial charge in [0.05, 0.1) is 0 Å². The molecule has 0 atom stereocenters. The molecule has 0 saturated carbocycles. The molecular formula is C10H13NaO. The minimum Gasteiger partial charge on any atom is -1.00 e. The van der Waals surface area contributed by atoms with E-state index < -0.39 is 0 Å². The molecule has 1 aromatic carbocycles. The normalized spacial score (nSPS) is 8.75. The number of hydrogen-bond donors (Lipinski definition) is 0. The summed E-state index contributed by atoms with van der Waals surface area (Å²) < 4.78 is 0. The summed E-state index contributed by atoms with van der Waals surface area (Å²) in [5, 5.41) is 0. The Balaban J connectivity index is 0. The molecule has 0 aliphatic carbocycles. The first kappa shape index (κ1) is 11.9. The van der Waals surface area contributed by atoms with Crippen LogP contribution in [0.2, 0.25) is 0 Å². The number of rotatable bonds is 3. The third-order valence-electron chi connectivity index (χ3n) is 1.63. The van der Waals surface area contributed by atoms with E-state index in [1.54, 1.807) is 0 Å². The van der Waals surface area contributed by atoms with Crippen LogP contribution in [0.1, 0.15) is 19.0 Å². The van der Waals surface area contributed by atoms with Crippen molar-refractivity contribution in [2.45, 2.75) is 19.8 Å². The largest absolute Gasteiger partial charge is 1.00 e. The Morgan fingerprint density at radius 1 is 1.50 bits per heavy atom. The molecule has 0 heterocycles. The SMILES string of the molecule is Cc1cccc(CCC=O)c1.[H-].[Na+]. The monoisotopic (exact) mass is 172 g/mol. The molecule has 1 aromatic rings. The van der Waals surface area contributed by atoms with Crippen LogP contribution in [-0.2, 0) is 11.2 Å². The van der Waals surface area contributed by atoms with Gasteiger partial charge in [0.15, 0.2) is 0 Å². The summed E-state index contributed by atoms with van der Waals surface area (Å²) in [6, 6.07) is 8.25. The second-order valence-electron chi connectivity index (χ2n) is 2.69. The molecule has 0 radical (unpaired) electrons. The van der Waals surface area contributed by atoms with Crippen LogP contribution in [0.3, 0.4) is 0 Å². The van der Waals surface area contributed by atoms with Gasteiger partial charge in [-0.3, -0.25) is 0 Å². The van der Waals surface area contributed by atoms with Gasteiger partial charge in [-0.05, 0) is 18.9 Å². The average molecular weight is 172 g/mol. The molecule has 2 heteroatoms. The zero-order chi connectivity index (χ0) is 8.10. The second-order valence-corrected chi connectivity index (χ2v) is 2.69. The topological polar surface area (TPSA) is 17.1 Å². The van der Waals surface area contributed by atoms with Crippen LogP contribution in [0, 0.1) is 6.92 Å². The van der Waals surface area contributed by atoms with Crippen LogP contribution < -0.4 is 29.6 Å². The molecule has 0 N–H and O–H groups in total. The van der Waals surface area contributed by atoms with Gasteiger partial charge in [-0.25, -0.2) is 0 Å². The third-order valence-corrected chi connectivity index (χ3v) is 1.63. The summed E-state index contributed by atoms with van der Waals surface area (Å²) in [6.07, 6.45) is 2.46. The van der Waals surface area contributed by atoms with Crippen molar-refractivity contribution in [3.05, 3.63) is 35.4 Å². The first-order valence-corrected chi connectivity index (χ1v) is 3.82. The van der Waals surface area contributed by atoms with Crippen molar-refractivity contribution in [2.24, 2.45) is 0 Å². The number of benzene rings is 1. The molecule has 0 bridgehead atoms.